The van der Waals surface area contributed by atoms with E-state index in [0.717, 1.165) is 19.3 Å². The van der Waals surface area contributed by atoms with Crippen molar-refractivity contribution < 1.29 is 17.9 Å². The molecular formula is C16H19N3O4S. The summed E-state index contributed by atoms with van der Waals surface area (Å²) in [6.07, 6.45) is 4.83. The first-order valence-corrected chi connectivity index (χ1v) is 9.51. The minimum Gasteiger partial charge on any atom is -0.490 e. The monoisotopic (exact) mass is 349 g/mol. The van der Waals surface area contributed by atoms with Crippen molar-refractivity contribution >= 4 is 15.8 Å². The van der Waals surface area contributed by atoms with E-state index in [2.05, 4.69) is 9.82 Å². The molecule has 2 aliphatic rings. The molecule has 1 aliphatic carbocycles. The molecule has 1 atom stereocenters. The number of ether oxygens (including phenoxy) is 2. The Balaban J connectivity index is 1.51. The SMILES string of the molecule is O=S(=O)(Nc1ccnn1C1CCOC1)c1ccc(OC2CC2)cc1. The summed E-state index contributed by atoms with van der Waals surface area (Å²) in [5.74, 6) is 1.15. The zero-order valence-corrected chi connectivity index (χ0v) is 13.9. The molecule has 128 valence electrons. The van der Waals surface area contributed by atoms with Crippen LogP contribution in [0.3, 0.4) is 0 Å². The molecule has 0 radical (unpaired) electrons. The van der Waals surface area contributed by atoms with Crippen molar-refractivity contribution in [3.8, 4) is 5.75 Å². The van der Waals surface area contributed by atoms with Crippen molar-refractivity contribution in [2.45, 2.75) is 36.3 Å². The summed E-state index contributed by atoms with van der Waals surface area (Å²) >= 11 is 0. The molecule has 1 aromatic heterocycles. The van der Waals surface area contributed by atoms with Gasteiger partial charge in [0.1, 0.15) is 11.6 Å². The number of hydrogen-bond acceptors (Lipinski definition) is 5. The lowest BCUT2D eigenvalue weighted by Gasteiger charge is -2.14. The van der Waals surface area contributed by atoms with Crippen LogP contribution in [0.25, 0.3) is 0 Å². The smallest absolute Gasteiger partial charge is 0.263 e. The van der Waals surface area contributed by atoms with Gasteiger partial charge in [0.2, 0.25) is 0 Å². The van der Waals surface area contributed by atoms with Gasteiger partial charge in [0.25, 0.3) is 10.0 Å². The van der Waals surface area contributed by atoms with Crippen molar-refractivity contribution in [2.24, 2.45) is 0 Å². The Morgan fingerprint density at radius 3 is 2.62 bits per heavy atom. The molecule has 4 rings (SSSR count). The Bertz CT molecular complexity index is 806. The van der Waals surface area contributed by atoms with E-state index in [-0.39, 0.29) is 17.0 Å². The molecular weight excluding hydrogens is 330 g/mol. The number of sulfonamides is 1. The molecule has 24 heavy (non-hydrogen) atoms. The average Bonchev–Trinajstić information content (AvgIpc) is 3.03. The summed E-state index contributed by atoms with van der Waals surface area (Å²) in [4.78, 5) is 0.195. The summed E-state index contributed by atoms with van der Waals surface area (Å²) < 4.78 is 40.5. The van der Waals surface area contributed by atoms with Crippen LogP contribution in [0.15, 0.2) is 41.4 Å². The topological polar surface area (TPSA) is 82.5 Å². The van der Waals surface area contributed by atoms with E-state index in [1.54, 1.807) is 41.2 Å². The fraction of sp³-hybridized carbons (Fsp3) is 0.438. The lowest BCUT2D eigenvalue weighted by atomic mass is 10.3. The van der Waals surface area contributed by atoms with Crippen molar-refractivity contribution in [2.75, 3.05) is 17.9 Å². The first-order chi connectivity index (χ1) is 11.6. The molecule has 1 aliphatic heterocycles. The van der Waals surface area contributed by atoms with Gasteiger partial charge in [-0.25, -0.2) is 13.1 Å². The minimum atomic E-state index is -3.67. The van der Waals surface area contributed by atoms with Crippen molar-refractivity contribution in [1.29, 1.82) is 0 Å². The van der Waals surface area contributed by atoms with Crippen molar-refractivity contribution in [1.82, 2.24) is 9.78 Å². The predicted octanol–water partition coefficient (Wildman–Crippen LogP) is 2.19. The predicted molar refractivity (Wildman–Crippen MR) is 87.6 cm³/mol. The lowest BCUT2D eigenvalue weighted by Crippen LogP contribution is -2.19. The van der Waals surface area contributed by atoms with Gasteiger partial charge in [0.15, 0.2) is 0 Å². The zero-order valence-electron chi connectivity index (χ0n) is 13.1. The van der Waals surface area contributed by atoms with Crippen LogP contribution < -0.4 is 9.46 Å². The molecule has 2 fully saturated rings. The van der Waals surface area contributed by atoms with Gasteiger partial charge in [-0.15, -0.1) is 0 Å². The molecule has 1 saturated carbocycles. The number of rotatable bonds is 6. The van der Waals surface area contributed by atoms with Crippen LogP contribution in [0.5, 0.6) is 5.75 Å². The summed E-state index contributed by atoms with van der Waals surface area (Å²) in [6.45, 7) is 1.21. The Labute approximate surface area is 140 Å². The van der Waals surface area contributed by atoms with Crippen LogP contribution in [-0.2, 0) is 14.8 Å². The van der Waals surface area contributed by atoms with Gasteiger partial charge in [-0.1, -0.05) is 0 Å². The van der Waals surface area contributed by atoms with Crippen LogP contribution in [0.4, 0.5) is 5.82 Å². The van der Waals surface area contributed by atoms with Gasteiger partial charge in [-0.2, -0.15) is 5.10 Å². The van der Waals surface area contributed by atoms with Gasteiger partial charge in [0, 0.05) is 12.7 Å². The van der Waals surface area contributed by atoms with E-state index < -0.39 is 10.0 Å². The number of anilines is 1. The summed E-state index contributed by atoms with van der Waals surface area (Å²) in [5, 5.41) is 4.22. The molecule has 1 aromatic carbocycles. The lowest BCUT2D eigenvalue weighted by molar-refractivity contribution is 0.185. The molecule has 1 unspecified atom stereocenters. The van der Waals surface area contributed by atoms with E-state index in [1.807, 2.05) is 0 Å². The normalized spacial score (nSPS) is 20.9. The van der Waals surface area contributed by atoms with Crippen LogP contribution in [0, 0.1) is 0 Å². The summed E-state index contributed by atoms with van der Waals surface area (Å²) in [6, 6.07) is 8.20. The second-order valence-electron chi connectivity index (χ2n) is 6.07. The molecule has 1 N–H and O–H groups in total. The van der Waals surface area contributed by atoms with Gasteiger partial charge in [0.05, 0.1) is 29.8 Å². The van der Waals surface area contributed by atoms with E-state index in [1.165, 1.54) is 0 Å². The first-order valence-electron chi connectivity index (χ1n) is 8.03. The van der Waals surface area contributed by atoms with Crippen LogP contribution in [-0.4, -0.2) is 37.5 Å². The molecule has 0 amide bonds. The highest BCUT2D eigenvalue weighted by molar-refractivity contribution is 7.92. The van der Waals surface area contributed by atoms with E-state index >= 15 is 0 Å². The Morgan fingerprint density at radius 1 is 1.17 bits per heavy atom. The van der Waals surface area contributed by atoms with Crippen LogP contribution in [0.1, 0.15) is 25.3 Å². The number of benzene rings is 1. The van der Waals surface area contributed by atoms with Crippen molar-refractivity contribution in [3.63, 3.8) is 0 Å². The average molecular weight is 349 g/mol. The van der Waals surface area contributed by atoms with E-state index in [0.29, 0.717) is 24.8 Å². The Kier molecular flexibility index (Phi) is 3.93. The second-order valence-corrected chi connectivity index (χ2v) is 7.75. The van der Waals surface area contributed by atoms with Crippen LogP contribution in [0.2, 0.25) is 0 Å². The molecule has 1 saturated heterocycles. The Morgan fingerprint density at radius 2 is 1.96 bits per heavy atom. The fourth-order valence-corrected chi connectivity index (χ4v) is 3.72. The third kappa shape index (κ3) is 3.25. The van der Waals surface area contributed by atoms with Gasteiger partial charge in [-0.05, 0) is 43.5 Å². The summed E-state index contributed by atoms with van der Waals surface area (Å²) in [5.41, 5.74) is 0. The minimum absolute atomic E-state index is 0.0621. The second kappa shape index (κ2) is 6.10. The molecule has 2 aromatic rings. The third-order valence-electron chi connectivity index (χ3n) is 4.12. The highest BCUT2D eigenvalue weighted by atomic mass is 32.2. The molecule has 0 spiro atoms. The van der Waals surface area contributed by atoms with E-state index in [9.17, 15) is 8.42 Å². The zero-order chi connectivity index (χ0) is 16.6. The molecule has 8 heteroatoms. The highest BCUT2D eigenvalue weighted by Gasteiger charge is 2.25. The van der Waals surface area contributed by atoms with Gasteiger partial charge < -0.3 is 9.47 Å². The van der Waals surface area contributed by atoms with Gasteiger partial charge in [-0.3, -0.25) is 4.72 Å². The first kappa shape index (κ1) is 15.5. The largest absolute Gasteiger partial charge is 0.490 e. The van der Waals surface area contributed by atoms with Crippen LogP contribution >= 0.6 is 0 Å². The third-order valence-corrected chi connectivity index (χ3v) is 5.49. The molecule has 2 heterocycles. The standard InChI is InChI=1S/C16H19N3O4S/c20-24(21,15-5-3-14(4-6-15)23-13-1-2-13)18-16-7-9-17-19(16)12-8-10-22-11-12/h3-7,9,12-13,18H,1-2,8,10-11H2. The number of nitrogens with one attached hydrogen (secondary N) is 1. The highest BCUT2D eigenvalue weighted by Crippen LogP contribution is 2.28. The molecule has 7 nitrogen and oxygen atoms in total. The summed E-state index contributed by atoms with van der Waals surface area (Å²) in [7, 11) is -3.67. The maximum Gasteiger partial charge on any atom is 0.263 e. The maximum atomic E-state index is 12.6. The maximum absolute atomic E-state index is 12.6. The number of hydrogen-bond donors (Lipinski definition) is 1. The van der Waals surface area contributed by atoms with Crippen molar-refractivity contribution in [3.05, 3.63) is 36.5 Å². The van der Waals surface area contributed by atoms with E-state index in [4.69, 9.17) is 9.47 Å². The molecule has 0 bridgehead atoms. The fourth-order valence-electron chi connectivity index (χ4n) is 2.67. The quantitative estimate of drug-likeness (QED) is 0.864. The Hall–Kier alpha value is -2.06. The number of aromatic nitrogens is 2. The van der Waals surface area contributed by atoms with Gasteiger partial charge >= 0.3 is 0 Å². The number of nitrogens with zero attached hydrogens (tertiary/aromatic N) is 2.